The molecule has 0 bridgehead atoms. The highest BCUT2D eigenvalue weighted by atomic mass is 35.5. The van der Waals surface area contributed by atoms with Gasteiger partial charge >= 0.3 is 0 Å². The maximum Gasteiger partial charge on any atom is 0.0941 e. The normalized spacial score (nSPS) is 15.0. The minimum absolute atomic E-state index is 0.765. The van der Waals surface area contributed by atoms with Gasteiger partial charge in [-0.2, -0.15) is 0 Å². The van der Waals surface area contributed by atoms with Gasteiger partial charge in [-0.3, -0.25) is 0 Å². The molecule has 106 valence electrons. The summed E-state index contributed by atoms with van der Waals surface area (Å²) in [6.45, 7) is 9.14. The van der Waals surface area contributed by atoms with Gasteiger partial charge in [0.25, 0.3) is 0 Å². The molecule has 0 radical (unpaired) electrons. The maximum absolute atomic E-state index is 6.16. The number of benzene rings is 1. The van der Waals surface area contributed by atoms with Gasteiger partial charge in [-0.05, 0) is 43.5 Å². The summed E-state index contributed by atoms with van der Waals surface area (Å²) in [5.41, 5.74) is 3.39. The monoisotopic (exact) mass is 289 g/mol. The van der Waals surface area contributed by atoms with Crippen molar-refractivity contribution in [1.29, 1.82) is 0 Å². The number of nitrogens with zero attached hydrogens (tertiary/aromatic N) is 1. The van der Waals surface area contributed by atoms with Crippen LogP contribution in [0.3, 0.4) is 0 Å². The standard InChI is InChI=1S/C16H20ClN3/c1-11-7-16-13(9-15(11)17)8-14(19-16)10-18-12(2)20-5-3-4-6-20/h7-9,18-19H,2-6,10H2,1H3. The highest BCUT2D eigenvalue weighted by molar-refractivity contribution is 6.32. The molecular formula is C16H20ClN3. The summed E-state index contributed by atoms with van der Waals surface area (Å²) in [4.78, 5) is 5.74. The van der Waals surface area contributed by atoms with Crippen LogP contribution in [0.15, 0.2) is 30.6 Å². The Morgan fingerprint density at radius 2 is 2.10 bits per heavy atom. The first kappa shape index (κ1) is 13.4. The van der Waals surface area contributed by atoms with Crippen LogP contribution >= 0.6 is 11.6 Å². The molecule has 1 fully saturated rings. The first-order valence-corrected chi connectivity index (χ1v) is 7.47. The van der Waals surface area contributed by atoms with E-state index in [1.54, 1.807) is 0 Å². The number of hydrogen-bond acceptors (Lipinski definition) is 2. The molecule has 1 aliphatic rings. The summed E-state index contributed by atoms with van der Waals surface area (Å²) in [6, 6.07) is 6.25. The highest BCUT2D eigenvalue weighted by Crippen LogP contribution is 2.24. The Labute approximate surface area is 124 Å². The minimum Gasteiger partial charge on any atom is -0.367 e. The predicted octanol–water partition coefficient (Wildman–Crippen LogP) is 3.79. The van der Waals surface area contributed by atoms with E-state index in [2.05, 4.69) is 33.9 Å². The Balaban J connectivity index is 1.69. The molecule has 3 nitrogen and oxygen atoms in total. The van der Waals surface area contributed by atoms with Crippen LogP contribution < -0.4 is 5.32 Å². The van der Waals surface area contributed by atoms with E-state index in [1.807, 2.05) is 13.0 Å². The molecule has 0 amide bonds. The molecule has 2 heterocycles. The van der Waals surface area contributed by atoms with Crippen molar-refractivity contribution in [2.24, 2.45) is 0 Å². The van der Waals surface area contributed by atoms with Crippen LogP contribution in [0, 0.1) is 6.92 Å². The number of likely N-dealkylation sites (tertiary alicyclic amines) is 1. The van der Waals surface area contributed by atoms with Gasteiger partial charge in [-0.15, -0.1) is 0 Å². The fraction of sp³-hybridized carbons (Fsp3) is 0.375. The SMILES string of the molecule is C=C(NCc1cc2cc(Cl)c(C)cc2[nH]1)N1CCCC1. The van der Waals surface area contributed by atoms with Crippen molar-refractivity contribution >= 4 is 22.5 Å². The lowest BCUT2D eigenvalue weighted by Gasteiger charge is -2.21. The Morgan fingerprint density at radius 1 is 1.35 bits per heavy atom. The highest BCUT2D eigenvalue weighted by Gasteiger charge is 2.13. The zero-order chi connectivity index (χ0) is 14.1. The second-order valence-electron chi connectivity index (χ2n) is 5.48. The fourth-order valence-corrected chi connectivity index (χ4v) is 2.88. The first-order chi connectivity index (χ1) is 9.63. The van der Waals surface area contributed by atoms with Crippen molar-refractivity contribution in [3.8, 4) is 0 Å². The van der Waals surface area contributed by atoms with Gasteiger partial charge in [-0.1, -0.05) is 18.2 Å². The summed E-state index contributed by atoms with van der Waals surface area (Å²) in [7, 11) is 0. The summed E-state index contributed by atoms with van der Waals surface area (Å²) < 4.78 is 0. The van der Waals surface area contributed by atoms with E-state index >= 15 is 0 Å². The third-order valence-electron chi connectivity index (χ3n) is 3.93. The number of hydrogen-bond donors (Lipinski definition) is 2. The van der Waals surface area contributed by atoms with Gasteiger partial charge in [0.05, 0.1) is 12.4 Å². The van der Waals surface area contributed by atoms with Crippen LogP contribution in [0.4, 0.5) is 0 Å². The molecular weight excluding hydrogens is 270 g/mol. The van der Waals surface area contributed by atoms with Crippen molar-refractivity contribution < 1.29 is 0 Å². The van der Waals surface area contributed by atoms with Crippen LogP contribution in [0.1, 0.15) is 24.1 Å². The molecule has 20 heavy (non-hydrogen) atoms. The van der Waals surface area contributed by atoms with Crippen molar-refractivity contribution in [3.05, 3.63) is 46.9 Å². The third kappa shape index (κ3) is 2.63. The topological polar surface area (TPSA) is 31.1 Å². The third-order valence-corrected chi connectivity index (χ3v) is 4.33. The van der Waals surface area contributed by atoms with Crippen LogP contribution in [0.25, 0.3) is 10.9 Å². The Hall–Kier alpha value is -1.61. The maximum atomic E-state index is 6.16. The van der Waals surface area contributed by atoms with E-state index in [1.165, 1.54) is 12.8 Å². The van der Waals surface area contributed by atoms with Gasteiger partial charge < -0.3 is 15.2 Å². The number of aromatic nitrogens is 1. The zero-order valence-electron chi connectivity index (χ0n) is 11.8. The number of nitrogens with one attached hydrogen (secondary N) is 2. The van der Waals surface area contributed by atoms with E-state index in [0.29, 0.717) is 0 Å². The Bertz CT molecular complexity index is 599. The van der Waals surface area contributed by atoms with E-state index in [9.17, 15) is 0 Å². The van der Waals surface area contributed by atoms with Gasteiger partial charge in [0, 0.05) is 34.7 Å². The van der Waals surface area contributed by atoms with Gasteiger partial charge in [-0.25, -0.2) is 0 Å². The van der Waals surface area contributed by atoms with E-state index in [0.717, 1.165) is 52.6 Å². The van der Waals surface area contributed by atoms with Gasteiger partial charge in [0.15, 0.2) is 0 Å². The van der Waals surface area contributed by atoms with Gasteiger partial charge in [0.2, 0.25) is 0 Å². The van der Waals surface area contributed by atoms with Crippen molar-refractivity contribution in [2.45, 2.75) is 26.3 Å². The second-order valence-corrected chi connectivity index (χ2v) is 5.88. The number of aromatic amines is 1. The predicted molar refractivity (Wildman–Crippen MR) is 84.8 cm³/mol. The number of H-pyrrole nitrogens is 1. The smallest absolute Gasteiger partial charge is 0.0941 e. The second kappa shape index (κ2) is 5.41. The minimum atomic E-state index is 0.765. The largest absolute Gasteiger partial charge is 0.367 e. The molecule has 0 spiro atoms. The fourth-order valence-electron chi connectivity index (χ4n) is 2.71. The number of rotatable bonds is 4. The Kier molecular flexibility index (Phi) is 3.62. The van der Waals surface area contributed by atoms with E-state index in [4.69, 9.17) is 11.6 Å². The summed E-state index contributed by atoms with van der Waals surface area (Å²) in [5, 5.41) is 5.37. The lowest BCUT2D eigenvalue weighted by Crippen LogP contribution is -2.28. The average Bonchev–Trinajstić information content (AvgIpc) is 3.05. The molecule has 3 rings (SSSR count). The summed E-state index contributed by atoms with van der Waals surface area (Å²) in [6.07, 6.45) is 2.54. The molecule has 1 aliphatic heterocycles. The molecule has 2 N–H and O–H groups in total. The molecule has 0 atom stereocenters. The zero-order valence-corrected chi connectivity index (χ0v) is 12.6. The van der Waals surface area contributed by atoms with Crippen LogP contribution in [-0.2, 0) is 6.54 Å². The Morgan fingerprint density at radius 3 is 2.85 bits per heavy atom. The molecule has 0 saturated carbocycles. The summed E-state index contributed by atoms with van der Waals surface area (Å²) >= 11 is 6.16. The van der Waals surface area contributed by atoms with E-state index in [-0.39, 0.29) is 0 Å². The molecule has 1 saturated heterocycles. The molecule has 1 aromatic heterocycles. The quantitative estimate of drug-likeness (QED) is 0.897. The number of halogens is 1. The lowest BCUT2D eigenvalue weighted by atomic mass is 10.2. The summed E-state index contributed by atoms with van der Waals surface area (Å²) in [5.74, 6) is 1.02. The molecule has 2 aromatic rings. The molecule has 0 aliphatic carbocycles. The van der Waals surface area contributed by atoms with Crippen LogP contribution in [0.2, 0.25) is 5.02 Å². The van der Waals surface area contributed by atoms with Crippen molar-refractivity contribution in [1.82, 2.24) is 15.2 Å². The van der Waals surface area contributed by atoms with Crippen molar-refractivity contribution in [3.63, 3.8) is 0 Å². The van der Waals surface area contributed by atoms with E-state index < -0.39 is 0 Å². The van der Waals surface area contributed by atoms with Crippen molar-refractivity contribution in [2.75, 3.05) is 13.1 Å². The number of fused-ring (bicyclic) bond motifs is 1. The average molecular weight is 290 g/mol. The van der Waals surface area contributed by atoms with Crippen LogP contribution in [-0.4, -0.2) is 23.0 Å². The number of aryl methyl sites for hydroxylation is 1. The molecule has 4 heteroatoms. The molecule has 0 unspecified atom stereocenters. The first-order valence-electron chi connectivity index (χ1n) is 7.09. The lowest BCUT2D eigenvalue weighted by molar-refractivity contribution is 0.390. The van der Waals surface area contributed by atoms with Crippen LogP contribution in [0.5, 0.6) is 0 Å². The van der Waals surface area contributed by atoms with Gasteiger partial charge in [0.1, 0.15) is 0 Å². The molecule has 1 aromatic carbocycles.